The summed E-state index contributed by atoms with van der Waals surface area (Å²) in [5.74, 6) is 0.822. The number of fused-ring (bicyclic) bond motifs is 1. The van der Waals surface area contributed by atoms with Gasteiger partial charge >= 0.3 is 0 Å². The third-order valence-electron chi connectivity index (χ3n) is 4.71. The number of nitrogens with zero attached hydrogens (tertiary/aromatic N) is 1. The van der Waals surface area contributed by atoms with Gasteiger partial charge in [0.05, 0.1) is 0 Å². The van der Waals surface area contributed by atoms with Crippen LogP contribution >= 0.6 is 11.6 Å². The minimum Gasteiger partial charge on any atom is -0.456 e. The first-order chi connectivity index (χ1) is 14.0. The van der Waals surface area contributed by atoms with Crippen molar-refractivity contribution in [3.8, 4) is 11.3 Å². The van der Waals surface area contributed by atoms with Crippen molar-refractivity contribution in [2.24, 2.45) is 0 Å². The summed E-state index contributed by atoms with van der Waals surface area (Å²) in [6, 6.07) is 23.4. The average Bonchev–Trinajstić information content (AvgIpc) is 3.15. The van der Waals surface area contributed by atoms with Gasteiger partial charge in [0.1, 0.15) is 11.3 Å². The number of rotatable bonds is 4. The Kier molecular flexibility index (Phi) is 5.24. The second-order valence-electron chi connectivity index (χ2n) is 7.07. The van der Waals surface area contributed by atoms with Crippen molar-refractivity contribution in [1.29, 1.82) is 0 Å². The molecule has 0 saturated heterocycles. The Bertz CT molecular complexity index is 1190. The third-order valence-corrected chi connectivity index (χ3v) is 4.94. The van der Waals surface area contributed by atoms with E-state index in [1.807, 2.05) is 72.8 Å². The molecule has 0 aliphatic heterocycles. The zero-order chi connectivity index (χ0) is 20.4. The Morgan fingerprint density at radius 3 is 2.10 bits per heavy atom. The summed E-state index contributed by atoms with van der Waals surface area (Å²) in [6.07, 6.45) is 4.08. The average molecular weight is 402 g/mol. The van der Waals surface area contributed by atoms with Gasteiger partial charge in [-0.3, -0.25) is 4.79 Å². The molecule has 1 amide bonds. The normalized spacial score (nSPS) is 11.3. The molecule has 0 spiro atoms. The maximum absolute atomic E-state index is 12.0. The van der Waals surface area contributed by atoms with E-state index in [4.69, 9.17) is 16.0 Å². The summed E-state index contributed by atoms with van der Waals surface area (Å²) < 4.78 is 5.92. The van der Waals surface area contributed by atoms with Crippen molar-refractivity contribution < 1.29 is 9.21 Å². The van der Waals surface area contributed by atoms with Crippen LogP contribution in [0.4, 0.5) is 0 Å². The lowest BCUT2D eigenvalue weighted by molar-refractivity contribution is 0.0827. The van der Waals surface area contributed by atoms with E-state index in [0.29, 0.717) is 10.6 Å². The van der Waals surface area contributed by atoms with Crippen LogP contribution in [0.3, 0.4) is 0 Å². The van der Waals surface area contributed by atoms with Crippen LogP contribution in [0.1, 0.15) is 21.5 Å². The zero-order valence-corrected chi connectivity index (χ0v) is 17.0. The number of hydrogen-bond donors (Lipinski definition) is 0. The van der Waals surface area contributed by atoms with Crippen LogP contribution < -0.4 is 0 Å². The molecule has 0 N–H and O–H groups in total. The topological polar surface area (TPSA) is 33.5 Å². The molecule has 4 heteroatoms. The Labute approximate surface area is 174 Å². The van der Waals surface area contributed by atoms with Gasteiger partial charge in [-0.15, -0.1) is 0 Å². The van der Waals surface area contributed by atoms with Crippen molar-refractivity contribution in [2.75, 3.05) is 14.1 Å². The predicted molar refractivity (Wildman–Crippen MR) is 120 cm³/mol. The first-order valence-corrected chi connectivity index (χ1v) is 9.67. The molecule has 1 heterocycles. The summed E-state index contributed by atoms with van der Waals surface area (Å²) in [5, 5.41) is 1.69. The highest BCUT2D eigenvalue weighted by Gasteiger charge is 2.07. The van der Waals surface area contributed by atoms with E-state index in [1.165, 1.54) is 0 Å². The molecule has 29 heavy (non-hydrogen) atoms. The molecule has 4 rings (SSSR count). The third kappa shape index (κ3) is 4.25. The fourth-order valence-corrected chi connectivity index (χ4v) is 3.28. The molecule has 3 nitrogen and oxygen atoms in total. The highest BCUT2D eigenvalue weighted by Crippen LogP contribution is 2.29. The number of furan rings is 1. The lowest BCUT2D eigenvalue weighted by atomic mass is 10.1. The van der Waals surface area contributed by atoms with Gasteiger partial charge in [0.25, 0.3) is 5.91 Å². The van der Waals surface area contributed by atoms with Crippen LogP contribution in [-0.2, 0) is 0 Å². The number of benzene rings is 3. The smallest absolute Gasteiger partial charge is 0.253 e. The molecule has 4 aromatic rings. The lowest BCUT2D eigenvalue weighted by Crippen LogP contribution is -2.21. The molecule has 0 bridgehead atoms. The minimum atomic E-state index is 0.00368. The monoisotopic (exact) mass is 401 g/mol. The van der Waals surface area contributed by atoms with E-state index in [0.717, 1.165) is 33.4 Å². The molecule has 3 aromatic carbocycles. The van der Waals surface area contributed by atoms with Crippen molar-refractivity contribution in [1.82, 2.24) is 4.90 Å². The van der Waals surface area contributed by atoms with Gasteiger partial charge in [-0.1, -0.05) is 60.2 Å². The lowest BCUT2D eigenvalue weighted by Gasteiger charge is -2.09. The molecule has 144 valence electrons. The molecule has 0 aliphatic carbocycles. The standard InChI is InChI=1S/C25H20ClNO2/c1-27(2)25(28)20-11-7-18(8-12-20)4-3-17-5-9-19(10-6-17)24-16-21-15-22(26)13-14-23(21)29-24/h3-16H,1-2H3. The molecule has 0 aliphatic rings. The van der Waals surface area contributed by atoms with Gasteiger partial charge in [0.2, 0.25) is 0 Å². The Balaban J connectivity index is 1.49. The second kappa shape index (κ2) is 7.98. The van der Waals surface area contributed by atoms with Crippen molar-refractivity contribution in [2.45, 2.75) is 0 Å². The number of halogens is 1. The highest BCUT2D eigenvalue weighted by molar-refractivity contribution is 6.31. The summed E-state index contributed by atoms with van der Waals surface area (Å²) in [6.45, 7) is 0. The quantitative estimate of drug-likeness (QED) is 0.360. The fraction of sp³-hybridized carbons (Fsp3) is 0.0800. The highest BCUT2D eigenvalue weighted by atomic mass is 35.5. The van der Waals surface area contributed by atoms with Crippen molar-refractivity contribution >= 4 is 40.6 Å². The Morgan fingerprint density at radius 2 is 1.48 bits per heavy atom. The van der Waals surface area contributed by atoms with Gasteiger partial charge < -0.3 is 9.32 Å². The summed E-state index contributed by atoms with van der Waals surface area (Å²) in [4.78, 5) is 13.5. The largest absolute Gasteiger partial charge is 0.456 e. The van der Waals surface area contributed by atoms with Crippen LogP contribution in [0, 0.1) is 0 Å². The number of carbonyl (C=O) groups is 1. The molecule has 0 saturated carbocycles. The van der Waals surface area contributed by atoms with Crippen LogP contribution in [0.2, 0.25) is 5.02 Å². The maximum atomic E-state index is 12.0. The van der Waals surface area contributed by atoms with E-state index in [9.17, 15) is 4.79 Å². The Hall–Kier alpha value is -3.30. The molecule has 1 aromatic heterocycles. The van der Waals surface area contributed by atoms with Crippen LogP contribution in [-0.4, -0.2) is 24.9 Å². The van der Waals surface area contributed by atoms with Crippen LogP contribution in [0.5, 0.6) is 0 Å². The van der Waals surface area contributed by atoms with Gasteiger partial charge in [0, 0.05) is 35.6 Å². The minimum absolute atomic E-state index is 0.00368. The molecule has 0 unspecified atom stereocenters. The summed E-state index contributed by atoms with van der Waals surface area (Å²) >= 11 is 6.05. The molecular formula is C25H20ClNO2. The SMILES string of the molecule is CN(C)C(=O)c1ccc(C=Cc2ccc(-c3cc4cc(Cl)ccc4o3)cc2)cc1. The maximum Gasteiger partial charge on any atom is 0.253 e. The number of hydrogen-bond acceptors (Lipinski definition) is 2. The van der Waals surface area contributed by atoms with Crippen molar-refractivity contribution in [3.05, 3.63) is 94.5 Å². The fourth-order valence-electron chi connectivity index (χ4n) is 3.10. The van der Waals surface area contributed by atoms with Crippen LogP contribution in [0.25, 0.3) is 34.4 Å². The van der Waals surface area contributed by atoms with Crippen molar-refractivity contribution in [3.63, 3.8) is 0 Å². The van der Waals surface area contributed by atoms with E-state index in [-0.39, 0.29) is 5.91 Å². The van der Waals surface area contributed by atoms with Crippen LogP contribution in [0.15, 0.2) is 77.2 Å². The first kappa shape index (κ1) is 19.0. The van der Waals surface area contributed by atoms with Gasteiger partial charge in [-0.25, -0.2) is 0 Å². The zero-order valence-electron chi connectivity index (χ0n) is 16.2. The first-order valence-electron chi connectivity index (χ1n) is 9.29. The van der Waals surface area contributed by atoms with Gasteiger partial charge in [0.15, 0.2) is 0 Å². The predicted octanol–water partition coefficient (Wildman–Crippen LogP) is 6.63. The van der Waals surface area contributed by atoms with Gasteiger partial charge in [-0.05, 0) is 47.5 Å². The van der Waals surface area contributed by atoms with Gasteiger partial charge in [-0.2, -0.15) is 0 Å². The summed E-state index contributed by atoms with van der Waals surface area (Å²) in [5.41, 5.74) is 4.65. The number of carbonyl (C=O) groups excluding carboxylic acids is 1. The van der Waals surface area contributed by atoms with E-state index in [2.05, 4.69) is 12.1 Å². The van der Waals surface area contributed by atoms with E-state index >= 15 is 0 Å². The molecular weight excluding hydrogens is 382 g/mol. The Morgan fingerprint density at radius 1 is 0.862 bits per heavy atom. The van der Waals surface area contributed by atoms with E-state index in [1.54, 1.807) is 19.0 Å². The number of amides is 1. The molecule has 0 fully saturated rings. The van der Waals surface area contributed by atoms with E-state index < -0.39 is 0 Å². The summed E-state index contributed by atoms with van der Waals surface area (Å²) in [7, 11) is 3.50. The molecule has 0 radical (unpaired) electrons. The molecule has 0 atom stereocenters. The second-order valence-corrected chi connectivity index (χ2v) is 7.51.